The number of benzene rings is 1. The van der Waals surface area contributed by atoms with Gasteiger partial charge >= 0.3 is 0 Å². The molecule has 1 nitrogen and oxygen atoms in total. The van der Waals surface area contributed by atoms with Crippen LogP contribution in [0.2, 0.25) is 5.02 Å². The van der Waals surface area contributed by atoms with E-state index in [2.05, 4.69) is 41.2 Å². The molecule has 0 spiro atoms. The summed E-state index contributed by atoms with van der Waals surface area (Å²) in [5.41, 5.74) is 1.72. The highest BCUT2D eigenvalue weighted by atomic mass is 79.9. The van der Waals surface area contributed by atoms with Crippen molar-refractivity contribution in [3.63, 3.8) is 0 Å². The summed E-state index contributed by atoms with van der Waals surface area (Å²) in [6.45, 7) is 6.60. The van der Waals surface area contributed by atoms with Crippen LogP contribution < -0.4 is 5.32 Å². The molecule has 0 heterocycles. The molecule has 2 rings (SSSR count). The Balaban J connectivity index is 1.88. The van der Waals surface area contributed by atoms with Gasteiger partial charge in [-0.25, -0.2) is 0 Å². The van der Waals surface area contributed by atoms with Crippen LogP contribution in [-0.2, 0) is 6.54 Å². The van der Waals surface area contributed by atoms with Crippen molar-refractivity contribution in [2.24, 2.45) is 11.3 Å². The van der Waals surface area contributed by atoms with E-state index in [0.29, 0.717) is 5.41 Å². The van der Waals surface area contributed by atoms with Crippen molar-refractivity contribution in [2.45, 2.75) is 33.2 Å². The van der Waals surface area contributed by atoms with Gasteiger partial charge in [0.2, 0.25) is 0 Å². The molecular formula is C14H19BrClN. The summed E-state index contributed by atoms with van der Waals surface area (Å²) in [4.78, 5) is 0. The first-order chi connectivity index (χ1) is 8.03. The van der Waals surface area contributed by atoms with E-state index in [4.69, 9.17) is 11.6 Å². The zero-order chi connectivity index (χ0) is 12.5. The summed E-state index contributed by atoms with van der Waals surface area (Å²) in [6.07, 6.45) is 2.73. The van der Waals surface area contributed by atoms with Crippen molar-refractivity contribution < 1.29 is 0 Å². The summed E-state index contributed by atoms with van der Waals surface area (Å²) >= 11 is 9.64. The molecule has 1 saturated carbocycles. The van der Waals surface area contributed by atoms with Gasteiger partial charge in [0.15, 0.2) is 0 Å². The maximum atomic E-state index is 6.16. The number of nitrogens with one attached hydrogen (secondary N) is 1. The quantitative estimate of drug-likeness (QED) is 0.835. The smallest absolute Gasteiger partial charge is 0.0451 e. The Morgan fingerprint density at radius 2 is 2.12 bits per heavy atom. The first-order valence-corrected chi connectivity index (χ1v) is 7.35. The maximum absolute atomic E-state index is 6.16. The average molecular weight is 317 g/mol. The van der Waals surface area contributed by atoms with Crippen LogP contribution >= 0.6 is 27.5 Å². The van der Waals surface area contributed by atoms with Gasteiger partial charge < -0.3 is 5.32 Å². The van der Waals surface area contributed by atoms with Gasteiger partial charge in [-0.1, -0.05) is 41.4 Å². The largest absolute Gasteiger partial charge is 0.312 e. The molecule has 0 aliphatic heterocycles. The number of hydrogen-bond acceptors (Lipinski definition) is 1. The summed E-state index contributed by atoms with van der Waals surface area (Å²) in [6, 6.07) is 6.00. The highest BCUT2D eigenvalue weighted by Crippen LogP contribution is 2.51. The van der Waals surface area contributed by atoms with E-state index < -0.39 is 0 Å². The van der Waals surface area contributed by atoms with Crippen molar-refractivity contribution >= 4 is 27.5 Å². The van der Waals surface area contributed by atoms with Crippen LogP contribution in [0.15, 0.2) is 22.7 Å². The normalized spacial score (nSPS) is 17.5. The van der Waals surface area contributed by atoms with E-state index in [1.165, 1.54) is 18.4 Å². The SMILES string of the molecule is CC(C)C1(CNCc2cc(Br)ccc2Cl)CC1. The third-order valence-electron chi connectivity index (χ3n) is 3.92. The fourth-order valence-corrected chi connectivity index (χ4v) is 2.84. The van der Waals surface area contributed by atoms with Crippen molar-refractivity contribution in [1.82, 2.24) is 5.32 Å². The first-order valence-electron chi connectivity index (χ1n) is 6.18. The van der Waals surface area contributed by atoms with E-state index in [0.717, 1.165) is 28.5 Å². The highest BCUT2D eigenvalue weighted by molar-refractivity contribution is 9.10. The van der Waals surface area contributed by atoms with Crippen LogP contribution in [0.5, 0.6) is 0 Å². The van der Waals surface area contributed by atoms with Crippen molar-refractivity contribution in [2.75, 3.05) is 6.54 Å². The van der Waals surface area contributed by atoms with E-state index in [-0.39, 0.29) is 0 Å². The molecule has 1 fully saturated rings. The molecule has 0 aromatic heterocycles. The van der Waals surface area contributed by atoms with Gasteiger partial charge in [-0.3, -0.25) is 0 Å². The van der Waals surface area contributed by atoms with Crippen molar-refractivity contribution in [3.05, 3.63) is 33.3 Å². The predicted molar refractivity (Wildman–Crippen MR) is 77.4 cm³/mol. The Morgan fingerprint density at radius 1 is 1.41 bits per heavy atom. The Morgan fingerprint density at radius 3 is 2.71 bits per heavy atom. The molecule has 1 aliphatic rings. The molecule has 0 saturated heterocycles. The Kier molecular flexibility index (Phi) is 4.17. The fourth-order valence-electron chi connectivity index (χ4n) is 2.24. The minimum absolute atomic E-state index is 0.554. The molecule has 1 aromatic rings. The summed E-state index contributed by atoms with van der Waals surface area (Å²) in [5.74, 6) is 0.771. The van der Waals surface area contributed by atoms with Crippen LogP contribution in [0.4, 0.5) is 0 Å². The number of hydrogen-bond donors (Lipinski definition) is 1. The van der Waals surface area contributed by atoms with Crippen LogP contribution in [-0.4, -0.2) is 6.54 Å². The van der Waals surface area contributed by atoms with Gasteiger partial charge in [0.05, 0.1) is 0 Å². The van der Waals surface area contributed by atoms with E-state index in [1.807, 2.05) is 12.1 Å². The van der Waals surface area contributed by atoms with Crippen molar-refractivity contribution in [1.29, 1.82) is 0 Å². The van der Waals surface area contributed by atoms with Gasteiger partial charge in [0, 0.05) is 22.6 Å². The van der Waals surface area contributed by atoms with Crippen LogP contribution in [0.1, 0.15) is 32.3 Å². The van der Waals surface area contributed by atoms with Gasteiger partial charge in [-0.2, -0.15) is 0 Å². The molecule has 1 N–H and O–H groups in total. The number of rotatable bonds is 5. The van der Waals surface area contributed by atoms with Crippen LogP contribution in [0.25, 0.3) is 0 Å². The summed E-state index contributed by atoms with van der Waals surface area (Å²) < 4.78 is 1.09. The molecule has 1 aromatic carbocycles. The van der Waals surface area contributed by atoms with Gasteiger partial charge in [0.25, 0.3) is 0 Å². The van der Waals surface area contributed by atoms with Crippen LogP contribution in [0, 0.1) is 11.3 Å². The van der Waals surface area contributed by atoms with Gasteiger partial charge in [0.1, 0.15) is 0 Å². The van der Waals surface area contributed by atoms with Crippen LogP contribution in [0.3, 0.4) is 0 Å². The lowest BCUT2D eigenvalue weighted by atomic mass is 9.92. The van der Waals surface area contributed by atoms with Gasteiger partial charge in [-0.05, 0) is 47.9 Å². The Labute approximate surface area is 117 Å². The van der Waals surface area contributed by atoms with E-state index in [9.17, 15) is 0 Å². The standard InChI is InChI=1S/C14H19BrClN/c1-10(2)14(5-6-14)9-17-8-11-7-12(15)3-4-13(11)16/h3-4,7,10,17H,5-6,8-9H2,1-2H3. The van der Waals surface area contributed by atoms with E-state index in [1.54, 1.807) is 0 Å². The van der Waals surface area contributed by atoms with Crippen molar-refractivity contribution in [3.8, 4) is 0 Å². The number of halogens is 2. The average Bonchev–Trinajstić information content (AvgIpc) is 3.04. The third kappa shape index (κ3) is 3.24. The molecule has 0 atom stereocenters. The second-order valence-corrected chi connectivity index (χ2v) is 6.68. The summed E-state index contributed by atoms with van der Waals surface area (Å²) in [5, 5.41) is 4.39. The second-order valence-electron chi connectivity index (χ2n) is 5.36. The molecule has 0 bridgehead atoms. The zero-order valence-corrected chi connectivity index (χ0v) is 12.7. The second kappa shape index (κ2) is 5.29. The third-order valence-corrected chi connectivity index (χ3v) is 4.78. The molecule has 0 amide bonds. The van der Waals surface area contributed by atoms with E-state index >= 15 is 0 Å². The minimum atomic E-state index is 0.554. The molecule has 0 unspecified atom stereocenters. The molecule has 0 radical (unpaired) electrons. The lowest BCUT2D eigenvalue weighted by Crippen LogP contribution is -2.27. The fraction of sp³-hybridized carbons (Fsp3) is 0.571. The lowest BCUT2D eigenvalue weighted by Gasteiger charge is -2.20. The minimum Gasteiger partial charge on any atom is -0.312 e. The molecule has 17 heavy (non-hydrogen) atoms. The predicted octanol–water partition coefficient (Wildman–Crippen LogP) is 4.63. The monoisotopic (exact) mass is 315 g/mol. The molecule has 3 heteroatoms. The Bertz CT molecular complexity index is 399. The lowest BCUT2D eigenvalue weighted by molar-refractivity contribution is 0.338. The topological polar surface area (TPSA) is 12.0 Å². The summed E-state index contributed by atoms with van der Waals surface area (Å²) in [7, 11) is 0. The zero-order valence-electron chi connectivity index (χ0n) is 10.4. The highest BCUT2D eigenvalue weighted by Gasteiger charge is 2.44. The Hall–Kier alpha value is -0.0500. The molecule has 1 aliphatic carbocycles. The first kappa shape index (κ1) is 13.4. The van der Waals surface area contributed by atoms with Gasteiger partial charge in [-0.15, -0.1) is 0 Å². The molecular weight excluding hydrogens is 298 g/mol. The molecule has 94 valence electrons. The maximum Gasteiger partial charge on any atom is 0.0451 e.